The van der Waals surface area contributed by atoms with Crippen LogP contribution in [0.15, 0.2) is 53.9 Å². The minimum Gasteiger partial charge on any atom is -0.486 e. The molecule has 1 unspecified atom stereocenters. The average molecular weight is 499 g/mol. The van der Waals surface area contributed by atoms with E-state index in [-0.39, 0.29) is 17.9 Å². The number of piperidine rings is 1. The van der Waals surface area contributed by atoms with Crippen molar-refractivity contribution < 1.29 is 14.3 Å². The van der Waals surface area contributed by atoms with Crippen LogP contribution in [0.5, 0.6) is 5.75 Å². The first-order valence-electron chi connectivity index (χ1n) is 11.2. The molecule has 0 radical (unpaired) electrons. The van der Waals surface area contributed by atoms with E-state index in [1.807, 2.05) is 36.1 Å². The van der Waals surface area contributed by atoms with E-state index in [1.54, 1.807) is 29.6 Å². The second-order valence-electron chi connectivity index (χ2n) is 8.33. The number of carbonyl (C=O) groups excluding carboxylic acids is 2. The number of thiazole rings is 1. The maximum Gasteiger partial charge on any atom is 0.319 e. The largest absolute Gasteiger partial charge is 0.486 e. The van der Waals surface area contributed by atoms with Crippen molar-refractivity contribution in [3.8, 4) is 5.75 Å². The van der Waals surface area contributed by atoms with Crippen molar-refractivity contribution in [1.29, 1.82) is 0 Å². The Bertz CT molecular complexity index is 1120. The van der Waals surface area contributed by atoms with Crippen LogP contribution in [0.1, 0.15) is 33.9 Å². The molecule has 2 heterocycles. The van der Waals surface area contributed by atoms with Gasteiger partial charge in [0.15, 0.2) is 0 Å². The number of hydrogen-bond acceptors (Lipinski definition) is 5. The molecule has 1 fully saturated rings. The summed E-state index contributed by atoms with van der Waals surface area (Å²) in [5, 5.41) is 8.93. The van der Waals surface area contributed by atoms with Crippen molar-refractivity contribution in [1.82, 2.24) is 15.2 Å². The zero-order valence-corrected chi connectivity index (χ0v) is 20.5. The number of rotatable bonds is 7. The predicted molar refractivity (Wildman–Crippen MR) is 135 cm³/mol. The van der Waals surface area contributed by atoms with Gasteiger partial charge in [-0.2, -0.15) is 0 Å². The number of hydrogen-bond donors (Lipinski definition) is 2. The van der Waals surface area contributed by atoms with Crippen molar-refractivity contribution in [2.75, 3.05) is 25.0 Å². The Balaban J connectivity index is 1.24. The van der Waals surface area contributed by atoms with E-state index in [4.69, 9.17) is 16.3 Å². The molecule has 9 heteroatoms. The number of carbonyl (C=O) groups is 2. The summed E-state index contributed by atoms with van der Waals surface area (Å²) in [4.78, 5) is 31.5. The van der Waals surface area contributed by atoms with E-state index in [0.717, 1.165) is 29.1 Å². The molecule has 1 saturated heterocycles. The Hall–Kier alpha value is -3.10. The number of aromatic nitrogens is 1. The first-order valence-corrected chi connectivity index (χ1v) is 12.5. The van der Waals surface area contributed by atoms with Crippen LogP contribution < -0.4 is 15.4 Å². The summed E-state index contributed by atoms with van der Waals surface area (Å²) in [6.45, 7) is 4.10. The zero-order chi connectivity index (χ0) is 23.9. The molecule has 1 aliphatic rings. The van der Waals surface area contributed by atoms with Crippen molar-refractivity contribution in [3.63, 3.8) is 0 Å². The Morgan fingerprint density at radius 3 is 2.71 bits per heavy atom. The first kappa shape index (κ1) is 24.0. The number of urea groups is 1. The molecule has 0 spiro atoms. The average Bonchev–Trinajstić information content (AvgIpc) is 3.33. The number of nitrogens with zero attached hydrogens (tertiary/aromatic N) is 2. The summed E-state index contributed by atoms with van der Waals surface area (Å²) in [5.41, 5.74) is 2.33. The molecule has 2 aromatic carbocycles. The molecular weight excluding hydrogens is 472 g/mol. The van der Waals surface area contributed by atoms with Gasteiger partial charge in [-0.3, -0.25) is 4.79 Å². The summed E-state index contributed by atoms with van der Waals surface area (Å²) in [7, 11) is 0. The number of amides is 3. The summed E-state index contributed by atoms with van der Waals surface area (Å²) < 4.78 is 5.72. The van der Waals surface area contributed by atoms with Gasteiger partial charge in [0.25, 0.3) is 5.91 Å². The number of ether oxygens (including phenoxy) is 1. The number of likely N-dealkylation sites (tertiary alicyclic amines) is 1. The summed E-state index contributed by atoms with van der Waals surface area (Å²) in [6, 6.07) is 14.5. The highest BCUT2D eigenvalue weighted by molar-refractivity contribution is 7.09. The van der Waals surface area contributed by atoms with Crippen LogP contribution >= 0.6 is 22.9 Å². The Morgan fingerprint density at radius 1 is 1.18 bits per heavy atom. The van der Waals surface area contributed by atoms with Crippen LogP contribution in [0.25, 0.3) is 0 Å². The van der Waals surface area contributed by atoms with Gasteiger partial charge in [0.2, 0.25) is 0 Å². The van der Waals surface area contributed by atoms with Gasteiger partial charge >= 0.3 is 6.03 Å². The van der Waals surface area contributed by atoms with Crippen molar-refractivity contribution in [2.45, 2.75) is 26.4 Å². The van der Waals surface area contributed by atoms with E-state index in [0.29, 0.717) is 42.7 Å². The van der Waals surface area contributed by atoms with E-state index in [2.05, 4.69) is 15.6 Å². The molecule has 1 aliphatic heterocycles. The zero-order valence-electron chi connectivity index (χ0n) is 18.9. The van der Waals surface area contributed by atoms with E-state index in [9.17, 15) is 9.59 Å². The molecule has 7 nitrogen and oxygen atoms in total. The molecule has 1 aromatic heterocycles. The standard InChI is InChI=1S/C25H27ClN4O3S/c1-17-4-8-20(9-5-17)28-25(32)27-13-18-3-2-12-30(14-18)24(31)22-16-34-23(29-22)15-33-21-10-6-19(26)7-11-21/h4-11,16,18H,2-3,12-15H2,1H3,(H2,27,28,32). The van der Waals surface area contributed by atoms with Gasteiger partial charge in [0, 0.05) is 35.7 Å². The third-order valence-corrected chi connectivity index (χ3v) is 6.69. The number of anilines is 1. The van der Waals surface area contributed by atoms with Gasteiger partial charge in [0.05, 0.1) is 0 Å². The number of benzene rings is 2. The minimum atomic E-state index is -0.239. The van der Waals surface area contributed by atoms with Crippen LogP contribution in [0.2, 0.25) is 5.02 Å². The van der Waals surface area contributed by atoms with Crippen LogP contribution in [0.3, 0.4) is 0 Å². The highest BCUT2D eigenvalue weighted by Gasteiger charge is 2.26. The molecule has 178 valence electrons. The third kappa shape index (κ3) is 6.71. The lowest BCUT2D eigenvalue weighted by Crippen LogP contribution is -2.44. The van der Waals surface area contributed by atoms with Crippen LogP contribution in [0.4, 0.5) is 10.5 Å². The maximum absolute atomic E-state index is 13.0. The van der Waals surface area contributed by atoms with E-state index in [1.165, 1.54) is 11.3 Å². The molecular formula is C25H27ClN4O3S. The van der Waals surface area contributed by atoms with Gasteiger partial charge in [-0.1, -0.05) is 29.3 Å². The molecule has 0 bridgehead atoms. The van der Waals surface area contributed by atoms with Crippen molar-refractivity contribution in [2.24, 2.45) is 5.92 Å². The number of nitrogens with one attached hydrogen (secondary N) is 2. The topological polar surface area (TPSA) is 83.6 Å². The molecule has 1 atom stereocenters. The molecule has 4 rings (SSSR count). The SMILES string of the molecule is Cc1ccc(NC(=O)NCC2CCCN(C(=O)c3csc(COc4ccc(Cl)cc4)n3)C2)cc1. The maximum atomic E-state index is 13.0. The quantitative estimate of drug-likeness (QED) is 0.459. The normalized spacial score (nSPS) is 15.6. The fraction of sp³-hybridized carbons (Fsp3) is 0.320. The monoisotopic (exact) mass is 498 g/mol. The fourth-order valence-corrected chi connectivity index (χ4v) is 4.58. The fourth-order valence-electron chi connectivity index (χ4n) is 3.78. The van der Waals surface area contributed by atoms with E-state index < -0.39 is 0 Å². The highest BCUT2D eigenvalue weighted by Crippen LogP contribution is 2.21. The molecule has 3 aromatic rings. The highest BCUT2D eigenvalue weighted by atomic mass is 35.5. The van der Waals surface area contributed by atoms with Crippen molar-refractivity contribution >= 4 is 40.6 Å². The van der Waals surface area contributed by atoms with E-state index >= 15 is 0 Å². The van der Waals surface area contributed by atoms with Crippen molar-refractivity contribution in [3.05, 3.63) is 75.2 Å². The molecule has 34 heavy (non-hydrogen) atoms. The lowest BCUT2D eigenvalue weighted by molar-refractivity contribution is 0.0669. The second-order valence-corrected chi connectivity index (χ2v) is 9.71. The van der Waals surface area contributed by atoms with Gasteiger partial charge in [0.1, 0.15) is 23.1 Å². The number of aryl methyl sites for hydroxylation is 1. The summed E-state index contributed by atoms with van der Waals surface area (Å²) >= 11 is 7.30. The van der Waals surface area contributed by atoms with Gasteiger partial charge < -0.3 is 20.3 Å². The number of halogens is 1. The summed E-state index contributed by atoms with van der Waals surface area (Å²) in [6.07, 6.45) is 1.86. The van der Waals surface area contributed by atoms with Gasteiger partial charge in [-0.15, -0.1) is 11.3 Å². The van der Waals surface area contributed by atoms with Crippen LogP contribution in [-0.4, -0.2) is 41.5 Å². The van der Waals surface area contributed by atoms with Gasteiger partial charge in [-0.05, 0) is 62.1 Å². The molecule has 0 aliphatic carbocycles. The van der Waals surface area contributed by atoms with Gasteiger partial charge in [-0.25, -0.2) is 9.78 Å². The second kappa shape index (κ2) is 11.4. The lowest BCUT2D eigenvalue weighted by Gasteiger charge is -2.32. The Labute approximate surface area is 208 Å². The predicted octanol–water partition coefficient (Wildman–Crippen LogP) is 5.36. The van der Waals surface area contributed by atoms with Crippen LogP contribution in [0, 0.1) is 12.8 Å². The first-order chi connectivity index (χ1) is 16.5. The summed E-state index contributed by atoms with van der Waals surface area (Å²) in [5.74, 6) is 0.820. The third-order valence-electron chi connectivity index (χ3n) is 5.61. The molecule has 3 amide bonds. The molecule has 0 saturated carbocycles. The minimum absolute atomic E-state index is 0.0807. The smallest absolute Gasteiger partial charge is 0.319 e. The Kier molecular flexibility index (Phi) is 8.03. The van der Waals surface area contributed by atoms with Crippen LogP contribution in [-0.2, 0) is 6.61 Å². The molecule has 2 N–H and O–H groups in total. The lowest BCUT2D eigenvalue weighted by atomic mass is 9.98. The Morgan fingerprint density at radius 2 is 1.94 bits per heavy atom.